The SMILES string of the molecule is CC(C)C.c1ccc(OCC2CO2)cc1. The van der Waals surface area contributed by atoms with Crippen LogP contribution in [0.5, 0.6) is 5.75 Å². The first-order valence-electron chi connectivity index (χ1n) is 5.48. The van der Waals surface area contributed by atoms with Gasteiger partial charge in [0.2, 0.25) is 0 Å². The first-order valence-corrected chi connectivity index (χ1v) is 5.48. The number of para-hydroxylation sites is 1. The topological polar surface area (TPSA) is 21.8 Å². The molecule has 0 N–H and O–H groups in total. The molecule has 1 aliphatic rings. The van der Waals surface area contributed by atoms with Crippen LogP contribution in [0.4, 0.5) is 0 Å². The molecule has 0 radical (unpaired) electrons. The lowest BCUT2D eigenvalue weighted by Gasteiger charge is -2.01. The Kier molecular flexibility index (Phi) is 5.19. The highest BCUT2D eigenvalue weighted by Gasteiger charge is 2.22. The zero-order chi connectivity index (χ0) is 11.1. The molecule has 1 aliphatic heterocycles. The fourth-order valence-corrected chi connectivity index (χ4v) is 0.870. The molecule has 84 valence electrons. The van der Waals surface area contributed by atoms with E-state index in [-0.39, 0.29) is 0 Å². The third-order valence-electron chi connectivity index (χ3n) is 1.58. The van der Waals surface area contributed by atoms with Gasteiger partial charge in [0.25, 0.3) is 0 Å². The van der Waals surface area contributed by atoms with Crippen LogP contribution in [-0.2, 0) is 4.74 Å². The lowest BCUT2D eigenvalue weighted by Crippen LogP contribution is -2.03. The third-order valence-corrected chi connectivity index (χ3v) is 1.58. The molecule has 2 nitrogen and oxygen atoms in total. The third kappa shape index (κ3) is 6.97. The van der Waals surface area contributed by atoms with Crippen LogP contribution in [-0.4, -0.2) is 19.3 Å². The molecule has 1 aromatic rings. The molecule has 15 heavy (non-hydrogen) atoms. The maximum atomic E-state index is 5.40. The van der Waals surface area contributed by atoms with E-state index in [1.54, 1.807) is 0 Å². The van der Waals surface area contributed by atoms with E-state index < -0.39 is 0 Å². The van der Waals surface area contributed by atoms with Crippen molar-refractivity contribution in [1.82, 2.24) is 0 Å². The van der Waals surface area contributed by atoms with Crippen molar-refractivity contribution in [3.8, 4) is 5.75 Å². The van der Waals surface area contributed by atoms with E-state index in [1.807, 2.05) is 30.3 Å². The van der Waals surface area contributed by atoms with Gasteiger partial charge < -0.3 is 9.47 Å². The van der Waals surface area contributed by atoms with Crippen molar-refractivity contribution < 1.29 is 9.47 Å². The number of rotatable bonds is 3. The van der Waals surface area contributed by atoms with Crippen molar-refractivity contribution in [3.63, 3.8) is 0 Å². The molecule has 0 saturated carbocycles. The van der Waals surface area contributed by atoms with Gasteiger partial charge in [-0.3, -0.25) is 0 Å². The van der Waals surface area contributed by atoms with Crippen molar-refractivity contribution in [2.75, 3.05) is 13.2 Å². The van der Waals surface area contributed by atoms with Gasteiger partial charge in [-0.15, -0.1) is 0 Å². The zero-order valence-electron chi connectivity index (χ0n) is 9.77. The van der Waals surface area contributed by atoms with Crippen LogP contribution in [0, 0.1) is 5.92 Å². The Bertz CT molecular complexity index is 250. The van der Waals surface area contributed by atoms with E-state index in [4.69, 9.17) is 9.47 Å². The quantitative estimate of drug-likeness (QED) is 0.712. The molecule has 1 saturated heterocycles. The molecule has 1 aromatic carbocycles. The maximum absolute atomic E-state index is 5.40. The molecule has 0 spiro atoms. The van der Waals surface area contributed by atoms with Gasteiger partial charge in [-0.25, -0.2) is 0 Å². The van der Waals surface area contributed by atoms with Gasteiger partial charge in [-0.05, 0) is 18.1 Å². The highest BCUT2D eigenvalue weighted by Crippen LogP contribution is 2.13. The van der Waals surface area contributed by atoms with Crippen molar-refractivity contribution in [2.45, 2.75) is 26.9 Å². The second-order valence-corrected chi connectivity index (χ2v) is 4.31. The fourth-order valence-electron chi connectivity index (χ4n) is 0.870. The van der Waals surface area contributed by atoms with E-state index in [2.05, 4.69) is 20.8 Å². The minimum Gasteiger partial charge on any atom is -0.491 e. The lowest BCUT2D eigenvalue weighted by atomic mass is 10.3. The minimum atomic E-state index is 0.343. The summed E-state index contributed by atoms with van der Waals surface area (Å²) in [5, 5.41) is 0. The number of ether oxygens (including phenoxy) is 2. The van der Waals surface area contributed by atoms with Crippen molar-refractivity contribution in [3.05, 3.63) is 30.3 Å². The number of hydrogen-bond donors (Lipinski definition) is 0. The Balaban J connectivity index is 0.000000245. The van der Waals surface area contributed by atoms with Crippen molar-refractivity contribution >= 4 is 0 Å². The summed E-state index contributed by atoms with van der Waals surface area (Å²) in [6.07, 6.45) is 0.343. The average molecular weight is 208 g/mol. The summed E-state index contributed by atoms with van der Waals surface area (Å²) in [4.78, 5) is 0. The van der Waals surface area contributed by atoms with Gasteiger partial charge in [0.15, 0.2) is 0 Å². The zero-order valence-corrected chi connectivity index (χ0v) is 9.77. The molecule has 0 bridgehead atoms. The minimum absolute atomic E-state index is 0.343. The van der Waals surface area contributed by atoms with Gasteiger partial charge in [0.05, 0.1) is 6.61 Å². The van der Waals surface area contributed by atoms with Gasteiger partial charge in [-0.1, -0.05) is 39.0 Å². The van der Waals surface area contributed by atoms with Crippen LogP contribution in [0.1, 0.15) is 20.8 Å². The Hall–Kier alpha value is -1.02. The fraction of sp³-hybridized carbons (Fsp3) is 0.538. The van der Waals surface area contributed by atoms with Crippen molar-refractivity contribution in [1.29, 1.82) is 0 Å². The highest BCUT2D eigenvalue weighted by molar-refractivity contribution is 5.20. The van der Waals surface area contributed by atoms with E-state index >= 15 is 0 Å². The molecule has 2 rings (SSSR count). The largest absolute Gasteiger partial charge is 0.491 e. The van der Waals surface area contributed by atoms with Crippen LogP contribution in [0.2, 0.25) is 0 Å². The molecular weight excluding hydrogens is 188 g/mol. The van der Waals surface area contributed by atoms with Crippen LogP contribution < -0.4 is 4.74 Å². The summed E-state index contributed by atoms with van der Waals surface area (Å²) in [5.41, 5.74) is 0. The average Bonchev–Trinajstić information content (AvgIpc) is 2.99. The summed E-state index contributed by atoms with van der Waals surface area (Å²) < 4.78 is 10.4. The first kappa shape index (κ1) is 12.1. The summed E-state index contributed by atoms with van der Waals surface area (Å²) in [6.45, 7) is 8.04. The van der Waals surface area contributed by atoms with Crippen LogP contribution in [0.25, 0.3) is 0 Å². The van der Waals surface area contributed by atoms with E-state index in [1.165, 1.54) is 0 Å². The lowest BCUT2D eigenvalue weighted by molar-refractivity contribution is 0.263. The van der Waals surface area contributed by atoms with Gasteiger partial charge in [0.1, 0.15) is 18.5 Å². The predicted molar refractivity (Wildman–Crippen MR) is 62.2 cm³/mol. The first-order chi connectivity index (χ1) is 7.18. The van der Waals surface area contributed by atoms with E-state index in [9.17, 15) is 0 Å². The Morgan fingerprint density at radius 1 is 1.27 bits per heavy atom. The second kappa shape index (κ2) is 6.46. The smallest absolute Gasteiger partial charge is 0.119 e. The normalized spacial score (nSPS) is 18.0. The van der Waals surface area contributed by atoms with Crippen LogP contribution in [0.15, 0.2) is 30.3 Å². The van der Waals surface area contributed by atoms with Crippen molar-refractivity contribution in [2.24, 2.45) is 5.92 Å². The molecule has 0 aromatic heterocycles. The molecule has 1 heterocycles. The molecule has 0 aliphatic carbocycles. The van der Waals surface area contributed by atoms with Gasteiger partial charge in [0, 0.05) is 0 Å². The molecule has 1 unspecified atom stereocenters. The van der Waals surface area contributed by atoms with Gasteiger partial charge >= 0.3 is 0 Å². The molecule has 0 amide bonds. The summed E-state index contributed by atoms with van der Waals surface area (Å²) in [6, 6.07) is 9.79. The predicted octanol–water partition coefficient (Wildman–Crippen LogP) is 3.13. The Morgan fingerprint density at radius 3 is 2.27 bits per heavy atom. The summed E-state index contributed by atoms with van der Waals surface area (Å²) >= 11 is 0. The number of benzene rings is 1. The van der Waals surface area contributed by atoms with E-state index in [0.29, 0.717) is 12.7 Å². The van der Waals surface area contributed by atoms with Crippen LogP contribution >= 0.6 is 0 Å². The van der Waals surface area contributed by atoms with Crippen LogP contribution in [0.3, 0.4) is 0 Å². The number of hydrogen-bond acceptors (Lipinski definition) is 2. The number of epoxide rings is 1. The van der Waals surface area contributed by atoms with Gasteiger partial charge in [-0.2, -0.15) is 0 Å². The monoisotopic (exact) mass is 208 g/mol. The Morgan fingerprint density at radius 2 is 1.80 bits per heavy atom. The second-order valence-electron chi connectivity index (χ2n) is 4.31. The highest BCUT2D eigenvalue weighted by atomic mass is 16.6. The molecular formula is C13H20O2. The molecule has 2 heteroatoms. The standard InChI is InChI=1S/C9H10O2.C4H10/c1-2-4-8(5-3-1)10-6-9-7-11-9;1-4(2)3/h1-5,9H,6-7H2;4H,1-3H3. The molecule has 1 fully saturated rings. The Labute approximate surface area is 92.2 Å². The summed E-state index contributed by atoms with van der Waals surface area (Å²) in [5.74, 6) is 1.75. The maximum Gasteiger partial charge on any atom is 0.119 e. The van der Waals surface area contributed by atoms with E-state index in [0.717, 1.165) is 18.3 Å². The molecule has 1 atom stereocenters. The summed E-state index contributed by atoms with van der Waals surface area (Å²) in [7, 11) is 0.